The number of ether oxygens (including phenoxy) is 2. The van der Waals surface area contributed by atoms with E-state index >= 15 is 0 Å². The Morgan fingerprint density at radius 3 is 2.52 bits per heavy atom. The number of carbonyl (C=O) groups is 1. The van der Waals surface area contributed by atoms with Gasteiger partial charge in [-0.15, -0.1) is 0 Å². The van der Waals surface area contributed by atoms with Gasteiger partial charge >= 0.3 is 5.97 Å². The average molecular weight is 305 g/mol. The highest BCUT2D eigenvalue weighted by Crippen LogP contribution is 2.17. The lowest BCUT2D eigenvalue weighted by Gasteiger charge is -2.10. The van der Waals surface area contributed by atoms with Gasteiger partial charge in [-0.1, -0.05) is 29.8 Å². The first kappa shape index (κ1) is 15.4. The molecule has 0 saturated heterocycles. The van der Waals surface area contributed by atoms with Crippen molar-refractivity contribution < 1.29 is 14.3 Å². The van der Waals surface area contributed by atoms with Crippen LogP contribution in [0.25, 0.3) is 0 Å². The minimum atomic E-state index is -0.345. The van der Waals surface area contributed by atoms with E-state index in [1.807, 2.05) is 44.2 Å². The van der Waals surface area contributed by atoms with Crippen LogP contribution in [-0.4, -0.2) is 12.1 Å². The van der Waals surface area contributed by atoms with Gasteiger partial charge in [-0.2, -0.15) is 0 Å². The molecule has 3 nitrogen and oxygen atoms in total. The molecule has 2 rings (SSSR count). The molecule has 0 radical (unpaired) electrons. The molecule has 0 N–H and O–H groups in total. The van der Waals surface area contributed by atoms with Crippen molar-refractivity contribution in [3.8, 4) is 5.75 Å². The van der Waals surface area contributed by atoms with Crippen LogP contribution in [-0.2, 0) is 11.3 Å². The Kier molecular flexibility index (Phi) is 5.23. The van der Waals surface area contributed by atoms with Crippen molar-refractivity contribution >= 4 is 17.6 Å². The Balaban J connectivity index is 2.00. The van der Waals surface area contributed by atoms with Gasteiger partial charge in [0.25, 0.3) is 0 Å². The fraction of sp³-hybridized carbons (Fsp3) is 0.235. The number of hydrogen-bond donors (Lipinski definition) is 0. The van der Waals surface area contributed by atoms with Gasteiger partial charge < -0.3 is 9.47 Å². The molecule has 0 aromatic heterocycles. The van der Waals surface area contributed by atoms with Crippen LogP contribution in [0.5, 0.6) is 5.75 Å². The molecule has 0 aliphatic heterocycles. The highest BCUT2D eigenvalue weighted by molar-refractivity contribution is 6.30. The van der Waals surface area contributed by atoms with Crippen LogP contribution in [0.1, 0.15) is 29.8 Å². The van der Waals surface area contributed by atoms with Gasteiger partial charge in [-0.05, 0) is 49.7 Å². The Morgan fingerprint density at radius 2 is 1.86 bits per heavy atom. The molecule has 0 aliphatic rings. The van der Waals surface area contributed by atoms with E-state index in [1.165, 1.54) is 0 Å². The van der Waals surface area contributed by atoms with Gasteiger partial charge in [-0.3, -0.25) is 0 Å². The van der Waals surface area contributed by atoms with Crippen LogP contribution in [0.4, 0.5) is 0 Å². The van der Waals surface area contributed by atoms with Gasteiger partial charge in [0.2, 0.25) is 0 Å². The zero-order valence-electron chi connectivity index (χ0n) is 12.0. The van der Waals surface area contributed by atoms with Crippen molar-refractivity contribution in [2.24, 2.45) is 0 Å². The lowest BCUT2D eigenvalue weighted by molar-refractivity contribution is 0.0377. The van der Waals surface area contributed by atoms with Crippen LogP contribution in [0.3, 0.4) is 0 Å². The fourth-order valence-electron chi connectivity index (χ4n) is 1.74. The van der Waals surface area contributed by atoms with Crippen LogP contribution in [0.2, 0.25) is 5.02 Å². The predicted octanol–water partition coefficient (Wildman–Crippen LogP) is 4.48. The molecule has 0 spiro atoms. The second-order valence-electron chi connectivity index (χ2n) is 4.90. The largest absolute Gasteiger partial charge is 0.489 e. The monoisotopic (exact) mass is 304 g/mol. The summed E-state index contributed by atoms with van der Waals surface area (Å²) >= 11 is 5.83. The van der Waals surface area contributed by atoms with Crippen LogP contribution < -0.4 is 4.74 Å². The number of rotatable bonds is 5. The first-order valence-corrected chi connectivity index (χ1v) is 7.10. The molecule has 4 heteroatoms. The maximum absolute atomic E-state index is 11.8. The molecule has 0 atom stereocenters. The first-order valence-electron chi connectivity index (χ1n) is 6.73. The summed E-state index contributed by atoms with van der Waals surface area (Å²) in [5.41, 5.74) is 1.49. The highest BCUT2D eigenvalue weighted by Gasteiger charge is 2.10. The second-order valence-corrected chi connectivity index (χ2v) is 5.33. The van der Waals surface area contributed by atoms with Crippen molar-refractivity contribution in [1.29, 1.82) is 0 Å². The van der Waals surface area contributed by atoms with Crippen molar-refractivity contribution in [3.63, 3.8) is 0 Å². The number of hydrogen-bond acceptors (Lipinski definition) is 3. The molecular weight excluding hydrogens is 288 g/mol. The first-order chi connectivity index (χ1) is 10.0. The summed E-state index contributed by atoms with van der Waals surface area (Å²) in [7, 11) is 0. The van der Waals surface area contributed by atoms with E-state index in [2.05, 4.69) is 0 Å². The summed E-state index contributed by atoms with van der Waals surface area (Å²) < 4.78 is 10.8. The van der Waals surface area contributed by atoms with E-state index in [-0.39, 0.29) is 12.1 Å². The molecule has 0 fully saturated rings. The SMILES string of the molecule is CC(C)OC(=O)c1cccc(OCc2ccc(Cl)cc2)c1. The molecule has 0 bridgehead atoms. The van der Waals surface area contributed by atoms with E-state index in [0.29, 0.717) is 22.9 Å². The van der Waals surface area contributed by atoms with Crippen LogP contribution >= 0.6 is 11.6 Å². The Morgan fingerprint density at radius 1 is 1.14 bits per heavy atom. The van der Waals surface area contributed by atoms with Gasteiger partial charge in [0, 0.05) is 5.02 Å². The fourth-order valence-corrected chi connectivity index (χ4v) is 1.87. The van der Waals surface area contributed by atoms with Gasteiger partial charge in [0.15, 0.2) is 0 Å². The average Bonchev–Trinajstić information content (AvgIpc) is 2.46. The standard InChI is InChI=1S/C17H17ClO3/c1-12(2)21-17(19)14-4-3-5-16(10-14)20-11-13-6-8-15(18)9-7-13/h3-10,12H,11H2,1-2H3. The van der Waals surface area contributed by atoms with Crippen molar-refractivity contribution in [1.82, 2.24) is 0 Å². The third kappa shape index (κ3) is 4.80. The summed E-state index contributed by atoms with van der Waals surface area (Å²) in [5.74, 6) is 0.282. The number of halogens is 1. The second kappa shape index (κ2) is 7.14. The van der Waals surface area contributed by atoms with E-state index in [4.69, 9.17) is 21.1 Å². The molecular formula is C17H17ClO3. The summed E-state index contributed by atoms with van der Waals surface area (Å²) in [4.78, 5) is 11.8. The third-order valence-electron chi connectivity index (χ3n) is 2.73. The van der Waals surface area contributed by atoms with Crippen molar-refractivity contribution in [2.45, 2.75) is 26.6 Å². The topological polar surface area (TPSA) is 35.5 Å². The van der Waals surface area contributed by atoms with E-state index < -0.39 is 0 Å². The maximum Gasteiger partial charge on any atom is 0.338 e. The maximum atomic E-state index is 11.8. The van der Waals surface area contributed by atoms with Gasteiger partial charge in [0.1, 0.15) is 12.4 Å². The van der Waals surface area contributed by atoms with Gasteiger partial charge in [0.05, 0.1) is 11.7 Å². The lowest BCUT2D eigenvalue weighted by atomic mass is 10.2. The summed E-state index contributed by atoms with van der Waals surface area (Å²) in [6.07, 6.45) is -0.142. The summed E-state index contributed by atoms with van der Waals surface area (Å²) in [6, 6.07) is 14.4. The van der Waals surface area contributed by atoms with E-state index in [9.17, 15) is 4.79 Å². The van der Waals surface area contributed by atoms with Crippen LogP contribution in [0, 0.1) is 0 Å². The third-order valence-corrected chi connectivity index (χ3v) is 2.98. The molecule has 0 aliphatic carbocycles. The van der Waals surface area contributed by atoms with Gasteiger partial charge in [-0.25, -0.2) is 4.79 Å². The molecule has 0 amide bonds. The molecule has 0 saturated carbocycles. The number of benzene rings is 2. The molecule has 0 unspecified atom stereocenters. The Hall–Kier alpha value is -2.00. The quantitative estimate of drug-likeness (QED) is 0.764. The van der Waals surface area contributed by atoms with Crippen molar-refractivity contribution in [3.05, 3.63) is 64.7 Å². The van der Waals surface area contributed by atoms with E-state index in [0.717, 1.165) is 5.56 Å². The number of esters is 1. The van der Waals surface area contributed by atoms with Crippen molar-refractivity contribution in [2.75, 3.05) is 0 Å². The molecule has 2 aromatic rings. The molecule has 0 heterocycles. The highest BCUT2D eigenvalue weighted by atomic mass is 35.5. The lowest BCUT2D eigenvalue weighted by Crippen LogP contribution is -2.11. The number of carbonyl (C=O) groups excluding carboxylic acids is 1. The smallest absolute Gasteiger partial charge is 0.338 e. The zero-order chi connectivity index (χ0) is 15.2. The Labute approximate surface area is 129 Å². The molecule has 2 aromatic carbocycles. The molecule has 110 valence electrons. The zero-order valence-corrected chi connectivity index (χ0v) is 12.8. The summed E-state index contributed by atoms with van der Waals surface area (Å²) in [5, 5.41) is 0.692. The minimum absolute atomic E-state index is 0.142. The van der Waals surface area contributed by atoms with Crippen LogP contribution in [0.15, 0.2) is 48.5 Å². The normalized spacial score (nSPS) is 10.5. The molecule has 21 heavy (non-hydrogen) atoms. The van der Waals surface area contributed by atoms with E-state index in [1.54, 1.807) is 18.2 Å². The summed E-state index contributed by atoms with van der Waals surface area (Å²) in [6.45, 7) is 4.05. The Bertz CT molecular complexity index is 606. The minimum Gasteiger partial charge on any atom is -0.489 e. The predicted molar refractivity (Wildman–Crippen MR) is 82.8 cm³/mol.